The molecule has 0 heterocycles. The lowest BCUT2D eigenvalue weighted by molar-refractivity contribution is -0.161. The van der Waals surface area contributed by atoms with Gasteiger partial charge >= 0.3 is 11.9 Å². The summed E-state index contributed by atoms with van der Waals surface area (Å²) in [6.45, 7) is 4.24. The Kier molecular flexibility index (Phi) is 78.1. The molecule has 5 nitrogen and oxygen atoms in total. The highest BCUT2D eigenvalue weighted by molar-refractivity contribution is 5.70. The first-order valence-corrected chi connectivity index (χ1v) is 41.1. The fraction of sp³-hybridized carbons (Fsp3) is 0.976. The maximum absolute atomic E-state index is 12.4. The molecule has 87 heavy (non-hydrogen) atoms. The van der Waals surface area contributed by atoms with E-state index < -0.39 is 6.10 Å². The van der Waals surface area contributed by atoms with Gasteiger partial charge in [0, 0.05) is 12.8 Å². The van der Waals surface area contributed by atoms with Crippen LogP contribution in [0.15, 0.2) is 0 Å². The molecule has 0 aliphatic rings. The number of aliphatic hydroxyl groups is 1. The Hall–Kier alpha value is -1.10. The Morgan fingerprint density at radius 1 is 0.218 bits per heavy atom. The van der Waals surface area contributed by atoms with Crippen molar-refractivity contribution >= 4 is 11.9 Å². The highest BCUT2D eigenvalue weighted by Gasteiger charge is 2.16. The largest absolute Gasteiger partial charge is 0.462 e. The third-order valence-electron chi connectivity index (χ3n) is 19.7. The van der Waals surface area contributed by atoms with Crippen LogP contribution >= 0.6 is 0 Å². The first-order valence-electron chi connectivity index (χ1n) is 41.1. The molecule has 0 fully saturated rings. The van der Waals surface area contributed by atoms with Crippen LogP contribution in [0, 0.1) is 0 Å². The van der Waals surface area contributed by atoms with Crippen LogP contribution < -0.4 is 0 Å². The van der Waals surface area contributed by atoms with Gasteiger partial charge in [0.1, 0.15) is 6.61 Å². The molecule has 0 saturated carbocycles. The van der Waals surface area contributed by atoms with Crippen molar-refractivity contribution in [3.8, 4) is 0 Å². The zero-order chi connectivity index (χ0) is 62.6. The van der Waals surface area contributed by atoms with E-state index in [4.69, 9.17) is 9.47 Å². The average Bonchev–Trinajstić information content (AvgIpc) is 3.52. The number of carbonyl (C=O) groups excluding carboxylic acids is 2. The molecule has 0 aromatic rings. The smallest absolute Gasteiger partial charge is 0.306 e. The van der Waals surface area contributed by atoms with Gasteiger partial charge in [-0.3, -0.25) is 9.59 Å². The molecule has 0 aromatic carbocycles. The zero-order valence-corrected chi connectivity index (χ0v) is 60.1. The molecule has 0 radical (unpaired) electrons. The van der Waals surface area contributed by atoms with Gasteiger partial charge in [0.05, 0.1) is 6.61 Å². The number of hydrogen-bond acceptors (Lipinski definition) is 5. The number of hydrogen-bond donors (Lipinski definition) is 1. The summed E-state index contributed by atoms with van der Waals surface area (Å²) >= 11 is 0. The van der Waals surface area contributed by atoms with Crippen molar-refractivity contribution in [2.75, 3.05) is 13.2 Å². The first kappa shape index (κ1) is 85.9. The van der Waals surface area contributed by atoms with E-state index in [-0.39, 0.29) is 25.2 Å². The van der Waals surface area contributed by atoms with E-state index in [9.17, 15) is 14.7 Å². The van der Waals surface area contributed by atoms with Gasteiger partial charge in [0.25, 0.3) is 0 Å². The molecule has 0 saturated heterocycles. The summed E-state index contributed by atoms with van der Waals surface area (Å²) < 4.78 is 10.8. The molecular formula is C82H162O5. The summed E-state index contributed by atoms with van der Waals surface area (Å²) in [5.41, 5.74) is 0. The molecule has 1 N–H and O–H groups in total. The number of ether oxygens (including phenoxy) is 2. The van der Waals surface area contributed by atoms with Crippen LogP contribution in [0.4, 0.5) is 0 Å². The second kappa shape index (κ2) is 79.1. The quantitative estimate of drug-likeness (QED) is 0.0485. The van der Waals surface area contributed by atoms with Gasteiger partial charge in [-0.2, -0.15) is 0 Å². The summed E-state index contributed by atoms with van der Waals surface area (Å²) in [5.74, 6) is -0.555. The van der Waals surface area contributed by atoms with Crippen molar-refractivity contribution in [1.82, 2.24) is 0 Å². The number of unbranched alkanes of at least 4 members (excludes halogenated alkanes) is 71. The van der Waals surface area contributed by atoms with Gasteiger partial charge in [-0.05, 0) is 12.8 Å². The van der Waals surface area contributed by atoms with Gasteiger partial charge in [0.2, 0.25) is 0 Å². The molecule has 0 bridgehead atoms. The maximum Gasteiger partial charge on any atom is 0.306 e. The molecule has 5 heteroatoms. The molecule has 0 aliphatic carbocycles. The monoisotopic (exact) mass is 1230 g/mol. The normalized spacial score (nSPS) is 12.0. The summed E-state index contributed by atoms with van der Waals surface area (Å²) in [6.07, 6.45) is 102. The van der Waals surface area contributed by atoms with E-state index in [1.807, 2.05) is 0 Å². The van der Waals surface area contributed by atoms with Crippen LogP contribution in [-0.2, 0) is 19.1 Å². The van der Waals surface area contributed by atoms with Crippen LogP contribution in [0.3, 0.4) is 0 Å². The molecule has 520 valence electrons. The van der Waals surface area contributed by atoms with Crippen LogP contribution in [0.2, 0.25) is 0 Å². The fourth-order valence-electron chi connectivity index (χ4n) is 13.5. The zero-order valence-electron chi connectivity index (χ0n) is 60.1. The van der Waals surface area contributed by atoms with Gasteiger partial charge < -0.3 is 14.6 Å². The maximum atomic E-state index is 12.4. The fourth-order valence-corrected chi connectivity index (χ4v) is 13.5. The van der Waals surface area contributed by atoms with E-state index in [2.05, 4.69) is 13.8 Å². The van der Waals surface area contributed by atoms with Crippen LogP contribution in [0.5, 0.6) is 0 Å². The van der Waals surface area contributed by atoms with E-state index >= 15 is 0 Å². The molecule has 1 unspecified atom stereocenters. The average molecular weight is 1230 g/mol. The van der Waals surface area contributed by atoms with Crippen LogP contribution in [-0.4, -0.2) is 36.4 Å². The third kappa shape index (κ3) is 77.3. The van der Waals surface area contributed by atoms with E-state index in [1.54, 1.807) is 0 Å². The molecule has 0 spiro atoms. The highest BCUT2D eigenvalue weighted by atomic mass is 16.6. The van der Waals surface area contributed by atoms with Crippen molar-refractivity contribution in [2.24, 2.45) is 0 Å². The highest BCUT2D eigenvalue weighted by Crippen LogP contribution is 2.21. The van der Waals surface area contributed by atoms with E-state index in [0.717, 1.165) is 32.1 Å². The van der Waals surface area contributed by atoms with E-state index in [0.29, 0.717) is 12.8 Å². The van der Waals surface area contributed by atoms with Crippen molar-refractivity contribution in [3.05, 3.63) is 0 Å². The minimum absolute atomic E-state index is 0.0551. The van der Waals surface area contributed by atoms with Crippen LogP contribution in [0.1, 0.15) is 495 Å². The Balaban J connectivity index is 3.32. The first-order chi connectivity index (χ1) is 43.1. The number of esters is 2. The Labute approximate surface area is 548 Å². The van der Waals surface area contributed by atoms with Gasteiger partial charge in [0.15, 0.2) is 6.10 Å². The Bertz CT molecular complexity index is 1250. The number of rotatable bonds is 79. The predicted molar refractivity (Wildman–Crippen MR) is 386 cm³/mol. The SMILES string of the molecule is CCCCCCCCCCCCCCCCCCCCCCCCCCCCCCCCCCCCCCCCCC(=O)OC(CO)COC(=O)CCCCCCCCCCCCCCCCCCCCCCCCCCCCCCCCCCCC. The van der Waals surface area contributed by atoms with Gasteiger partial charge in [-0.15, -0.1) is 0 Å². The minimum Gasteiger partial charge on any atom is -0.462 e. The lowest BCUT2D eigenvalue weighted by Crippen LogP contribution is -2.28. The van der Waals surface area contributed by atoms with Crippen molar-refractivity contribution < 1.29 is 24.2 Å². The standard InChI is InChI=1S/C82H162O5/c1-3-5-7-9-11-13-15-17-19-21-23-25-27-29-31-33-35-37-39-40-41-42-43-45-47-49-51-53-55-57-59-61-63-65-67-69-71-73-75-77-82(85)87-80(78-83)79-86-81(84)76-74-72-70-68-66-64-62-60-58-56-54-52-50-48-46-44-38-36-34-32-30-28-26-24-22-20-18-16-14-12-10-8-6-4-2/h80,83H,3-79H2,1-2H3. The molecule has 0 aliphatic heterocycles. The Morgan fingerprint density at radius 3 is 0.506 bits per heavy atom. The van der Waals surface area contributed by atoms with Gasteiger partial charge in [-0.1, -0.05) is 470 Å². The molecule has 0 amide bonds. The van der Waals surface area contributed by atoms with Gasteiger partial charge in [-0.25, -0.2) is 0 Å². The topological polar surface area (TPSA) is 72.8 Å². The lowest BCUT2D eigenvalue weighted by atomic mass is 10.0. The summed E-state index contributed by atoms with van der Waals surface area (Å²) in [5, 5.41) is 9.73. The summed E-state index contributed by atoms with van der Waals surface area (Å²) in [6, 6.07) is 0. The second-order valence-corrected chi connectivity index (χ2v) is 28.6. The van der Waals surface area contributed by atoms with Crippen molar-refractivity contribution in [2.45, 2.75) is 502 Å². The molecule has 1 atom stereocenters. The van der Waals surface area contributed by atoms with Crippen molar-refractivity contribution in [1.29, 1.82) is 0 Å². The van der Waals surface area contributed by atoms with Crippen LogP contribution in [0.25, 0.3) is 0 Å². The summed E-state index contributed by atoms with van der Waals surface area (Å²) in [4.78, 5) is 24.7. The third-order valence-corrected chi connectivity index (χ3v) is 19.7. The number of aliphatic hydroxyl groups excluding tert-OH is 1. The predicted octanol–water partition coefficient (Wildman–Crippen LogP) is 28.7. The molecule has 0 aromatic heterocycles. The minimum atomic E-state index is -0.767. The molecular weight excluding hydrogens is 1060 g/mol. The number of carbonyl (C=O) groups is 2. The van der Waals surface area contributed by atoms with Crippen molar-refractivity contribution in [3.63, 3.8) is 0 Å². The summed E-state index contributed by atoms with van der Waals surface area (Å²) in [7, 11) is 0. The van der Waals surface area contributed by atoms with E-state index in [1.165, 1.54) is 437 Å². The Morgan fingerprint density at radius 2 is 0.356 bits per heavy atom. The lowest BCUT2D eigenvalue weighted by Gasteiger charge is -2.15. The molecule has 0 rings (SSSR count). The second-order valence-electron chi connectivity index (χ2n) is 28.6.